The number of anilines is 2. The fraction of sp³-hybridized carbons (Fsp3) is 0.250. The Morgan fingerprint density at radius 2 is 1.86 bits per heavy atom. The van der Waals surface area contributed by atoms with Crippen molar-refractivity contribution in [3.63, 3.8) is 0 Å². The van der Waals surface area contributed by atoms with Gasteiger partial charge in [0.15, 0.2) is 0 Å². The summed E-state index contributed by atoms with van der Waals surface area (Å²) in [4.78, 5) is 28.6. The molecule has 1 aliphatic rings. The molecule has 1 amide bonds. The molecule has 1 aromatic heterocycles. The van der Waals surface area contributed by atoms with Gasteiger partial charge in [-0.15, -0.1) is 11.3 Å². The zero-order valence-corrected chi connectivity index (χ0v) is 17.3. The number of fused-ring (bicyclic) bond motifs is 1. The molecule has 150 valence electrons. The third kappa shape index (κ3) is 3.78. The summed E-state index contributed by atoms with van der Waals surface area (Å²) in [7, 11) is 2.09. The van der Waals surface area contributed by atoms with Crippen LogP contribution < -0.4 is 10.2 Å². The molecule has 0 bridgehead atoms. The quantitative estimate of drug-likeness (QED) is 0.488. The van der Waals surface area contributed by atoms with Crippen LogP contribution in [0.2, 0.25) is 5.02 Å². The average molecular weight is 431 g/mol. The van der Waals surface area contributed by atoms with Gasteiger partial charge in [-0.2, -0.15) is 0 Å². The molecule has 0 unspecified atom stereocenters. The lowest BCUT2D eigenvalue weighted by Crippen LogP contribution is -2.44. The van der Waals surface area contributed by atoms with Crippen LogP contribution in [0.25, 0.3) is 10.1 Å². The van der Waals surface area contributed by atoms with E-state index in [1.54, 1.807) is 12.1 Å². The highest BCUT2D eigenvalue weighted by Crippen LogP contribution is 2.40. The van der Waals surface area contributed by atoms with Crippen LogP contribution in [0, 0.1) is 10.1 Å². The van der Waals surface area contributed by atoms with E-state index < -0.39 is 4.92 Å². The number of carbonyl (C=O) groups is 1. The first-order valence-corrected chi connectivity index (χ1v) is 10.3. The number of nitro groups is 1. The summed E-state index contributed by atoms with van der Waals surface area (Å²) in [6.45, 7) is 3.65. The van der Waals surface area contributed by atoms with E-state index in [9.17, 15) is 14.9 Å². The van der Waals surface area contributed by atoms with E-state index in [0.29, 0.717) is 15.8 Å². The maximum Gasteiger partial charge on any atom is 0.287 e. The first-order chi connectivity index (χ1) is 14.0. The van der Waals surface area contributed by atoms with E-state index in [2.05, 4.69) is 22.2 Å². The molecule has 0 aliphatic carbocycles. The first kappa shape index (κ1) is 19.6. The van der Waals surface area contributed by atoms with Gasteiger partial charge in [-0.3, -0.25) is 14.9 Å². The Bertz CT molecular complexity index is 1090. The van der Waals surface area contributed by atoms with Crippen molar-refractivity contribution in [2.45, 2.75) is 0 Å². The number of hydrogen-bond acceptors (Lipinski definition) is 6. The first-order valence-electron chi connectivity index (χ1n) is 9.15. The fourth-order valence-corrected chi connectivity index (χ4v) is 4.94. The normalized spacial score (nSPS) is 14.9. The van der Waals surface area contributed by atoms with Crippen molar-refractivity contribution in [3.8, 4) is 0 Å². The molecule has 1 N–H and O–H groups in total. The Hall–Kier alpha value is -2.68. The number of thiophene rings is 1. The third-order valence-corrected chi connectivity index (χ3v) is 6.76. The highest BCUT2D eigenvalue weighted by molar-refractivity contribution is 7.22. The molecule has 0 radical (unpaired) electrons. The number of halogens is 1. The number of nitrogens with zero attached hydrogens (tertiary/aromatic N) is 3. The van der Waals surface area contributed by atoms with E-state index in [-0.39, 0.29) is 21.5 Å². The van der Waals surface area contributed by atoms with Gasteiger partial charge in [0.25, 0.3) is 11.6 Å². The molecule has 0 spiro atoms. The largest absolute Gasteiger partial charge is 0.367 e. The SMILES string of the molecule is CN1CCN(c2ccccc2NC(=O)c2sc3c([N+](=O)[O-])cccc3c2Cl)CC1. The van der Waals surface area contributed by atoms with E-state index in [1.165, 1.54) is 6.07 Å². The third-order valence-electron chi connectivity index (χ3n) is 5.03. The van der Waals surface area contributed by atoms with Crippen LogP contribution in [0.3, 0.4) is 0 Å². The molecule has 4 rings (SSSR count). The number of amides is 1. The van der Waals surface area contributed by atoms with Crippen LogP contribution >= 0.6 is 22.9 Å². The Kier molecular flexibility index (Phi) is 5.40. The molecule has 29 heavy (non-hydrogen) atoms. The van der Waals surface area contributed by atoms with E-state index in [0.717, 1.165) is 43.2 Å². The van der Waals surface area contributed by atoms with Gasteiger partial charge in [-0.1, -0.05) is 35.9 Å². The Morgan fingerprint density at radius 1 is 1.14 bits per heavy atom. The number of carbonyl (C=O) groups excluding carboxylic acids is 1. The van der Waals surface area contributed by atoms with Crippen LogP contribution in [0.4, 0.5) is 17.1 Å². The van der Waals surface area contributed by atoms with Gasteiger partial charge in [-0.05, 0) is 19.2 Å². The van der Waals surface area contributed by atoms with Gasteiger partial charge in [0.1, 0.15) is 9.58 Å². The minimum atomic E-state index is -0.459. The summed E-state index contributed by atoms with van der Waals surface area (Å²) in [5.41, 5.74) is 1.61. The standard InChI is InChI=1S/C20H19ClN4O3S/c1-23-9-11-24(12-10-23)15-7-3-2-6-14(15)22-20(26)19-17(21)13-5-4-8-16(25(27)28)18(13)29-19/h2-8H,9-12H2,1H3,(H,22,26). The van der Waals surface area contributed by atoms with Gasteiger partial charge in [0.2, 0.25) is 0 Å². The molecule has 1 fully saturated rings. The summed E-state index contributed by atoms with van der Waals surface area (Å²) >= 11 is 7.45. The molecule has 1 aliphatic heterocycles. The van der Waals surface area contributed by atoms with Gasteiger partial charge < -0.3 is 15.1 Å². The molecule has 1 saturated heterocycles. The number of nitro benzene ring substituents is 1. The number of piperazine rings is 1. The lowest BCUT2D eigenvalue weighted by atomic mass is 10.2. The van der Waals surface area contributed by atoms with Crippen LogP contribution in [-0.2, 0) is 0 Å². The second kappa shape index (κ2) is 7.98. The van der Waals surface area contributed by atoms with Gasteiger partial charge in [0.05, 0.1) is 21.3 Å². The zero-order chi connectivity index (χ0) is 20.5. The van der Waals surface area contributed by atoms with Crippen molar-refractivity contribution < 1.29 is 9.72 Å². The maximum absolute atomic E-state index is 13.0. The van der Waals surface area contributed by atoms with Crippen molar-refractivity contribution >= 4 is 56.0 Å². The second-order valence-electron chi connectivity index (χ2n) is 6.92. The van der Waals surface area contributed by atoms with Gasteiger partial charge in [-0.25, -0.2) is 0 Å². The lowest BCUT2D eigenvalue weighted by molar-refractivity contribution is -0.382. The number of benzene rings is 2. The predicted molar refractivity (Wildman–Crippen MR) is 118 cm³/mol. The topological polar surface area (TPSA) is 78.7 Å². The molecule has 0 saturated carbocycles. The number of hydrogen-bond donors (Lipinski definition) is 1. The molecule has 9 heteroatoms. The Balaban J connectivity index is 1.65. The molecule has 2 aromatic carbocycles. The van der Waals surface area contributed by atoms with Crippen molar-refractivity contribution in [3.05, 3.63) is 62.5 Å². The van der Waals surface area contributed by atoms with Crippen molar-refractivity contribution in [1.29, 1.82) is 0 Å². The minimum Gasteiger partial charge on any atom is -0.367 e. The Morgan fingerprint density at radius 3 is 2.59 bits per heavy atom. The van der Waals surface area contributed by atoms with Gasteiger partial charge in [0, 0.05) is 37.6 Å². The fourth-order valence-electron chi connectivity index (χ4n) is 3.45. The smallest absolute Gasteiger partial charge is 0.287 e. The molecular weight excluding hydrogens is 412 g/mol. The minimum absolute atomic E-state index is 0.0497. The van der Waals surface area contributed by atoms with Crippen LogP contribution in [0.1, 0.15) is 9.67 Å². The van der Waals surface area contributed by atoms with Crippen LogP contribution in [0.15, 0.2) is 42.5 Å². The number of rotatable bonds is 4. The number of nitrogens with one attached hydrogen (secondary N) is 1. The maximum atomic E-state index is 13.0. The van der Waals surface area contributed by atoms with E-state index >= 15 is 0 Å². The Labute approximate surface area is 176 Å². The molecule has 2 heterocycles. The molecule has 3 aromatic rings. The average Bonchev–Trinajstić information content (AvgIpc) is 3.06. The van der Waals surface area contributed by atoms with E-state index in [1.807, 2.05) is 24.3 Å². The second-order valence-corrected chi connectivity index (χ2v) is 8.32. The van der Waals surface area contributed by atoms with E-state index in [4.69, 9.17) is 11.6 Å². The summed E-state index contributed by atoms with van der Waals surface area (Å²) in [6.07, 6.45) is 0. The van der Waals surface area contributed by atoms with Crippen LogP contribution in [-0.4, -0.2) is 49.0 Å². The monoisotopic (exact) mass is 430 g/mol. The number of non-ortho nitro benzene ring substituents is 1. The summed E-state index contributed by atoms with van der Waals surface area (Å²) in [6, 6.07) is 12.3. The summed E-state index contributed by atoms with van der Waals surface area (Å²) in [5, 5.41) is 15.0. The lowest BCUT2D eigenvalue weighted by Gasteiger charge is -2.35. The highest BCUT2D eigenvalue weighted by Gasteiger charge is 2.24. The molecule has 0 atom stereocenters. The van der Waals surface area contributed by atoms with Gasteiger partial charge >= 0.3 is 0 Å². The zero-order valence-electron chi connectivity index (χ0n) is 15.7. The summed E-state index contributed by atoms with van der Waals surface area (Å²) in [5.74, 6) is -0.368. The number of likely N-dealkylation sites (N-methyl/N-ethyl adjacent to an activating group) is 1. The molecular formula is C20H19ClN4O3S. The predicted octanol–water partition coefficient (Wildman–Crippen LogP) is 4.47. The summed E-state index contributed by atoms with van der Waals surface area (Å²) < 4.78 is 0.403. The van der Waals surface area contributed by atoms with Crippen molar-refractivity contribution in [1.82, 2.24) is 4.90 Å². The van der Waals surface area contributed by atoms with Crippen molar-refractivity contribution in [2.24, 2.45) is 0 Å². The van der Waals surface area contributed by atoms with Crippen molar-refractivity contribution in [2.75, 3.05) is 43.4 Å². The highest BCUT2D eigenvalue weighted by atomic mass is 35.5. The van der Waals surface area contributed by atoms with Crippen LogP contribution in [0.5, 0.6) is 0 Å². The number of para-hydroxylation sites is 2. The molecule has 7 nitrogen and oxygen atoms in total.